The standard InChI is InChI=1S/C25H19NO8/c1-2-23(29)26-21-14-20(9-10-22(21)32-15-28)34-25(31)18-6-5-17-13-19(8-7-16(17)12-18)33-24(30)4-3-11-27/h2,5-15H,1,3-4H2,(H,26,29). The molecule has 0 fully saturated rings. The highest BCUT2D eigenvalue weighted by atomic mass is 16.5. The molecule has 172 valence electrons. The van der Waals surface area contributed by atoms with E-state index in [-0.39, 0.29) is 42.1 Å². The molecule has 1 N–H and O–H groups in total. The minimum Gasteiger partial charge on any atom is -0.427 e. The number of rotatable bonds is 10. The Hall–Kier alpha value is -4.79. The lowest BCUT2D eigenvalue weighted by Gasteiger charge is -2.11. The second kappa shape index (κ2) is 11.2. The second-order valence-electron chi connectivity index (χ2n) is 6.86. The lowest BCUT2D eigenvalue weighted by Crippen LogP contribution is -2.11. The average Bonchev–Trinajstić information content (AvgIpc) is 2.84. The summed E-state index contributed by atoms with van der Waals surface area (Å²) in [7, 11) is 0. The number of carbonyl (C=O) groups excluding carboxylic acids is 5. The van der Waals surface area contributed by atoms with Gasteiger partial charge in [0.25, 0.3) is 6.47 Å². The van der Waals surface area contributed by atoms with E-state index in [1.54, 1.807) is 36.4 Å². The van der Waals surface area contributed by atoms with Gasteiger partial charge in [0.05, 0.1) is 17.7 Å². The summed E-state index contributed by atoms with van der Waals surface area (Å²) in [6.07, 6.45) is 1.77. The van der Waals surface area contributed by atoms with Gasteiger partial charge in [-0.05, 0) is 53.2 Å². The van der Waals surface area contributed by atoms with Crippen LogP contribution < -0.4 is 19.5 Å². The maximum atomic E-state index is 12.7. The van der Waals surface area contributed by atoms with Gasteiger partial charge in [-0.15, -0.1) is 0 Å². The minimum absolute atomic E-state index is 0.00640. The van der Waals surface area contributed by atoms with Crippen LogP contribution in [0.5, 0.6) is 17.2 Å². The lowest BCUT2D eigenvalue weighted by atomic mass is 10.1. The summed E-state index contributed by atoms with van der Waals surface area (Å²) in [6.45, 7) is 3.56. The topological polar surface area (TPSA) is 125 Å². The largest absolute Gasteiger partial charge is 0.427 e. The monoisotopic (exact) mass is 461 g/mol. The first-order valence-corrected chi connectivity index (χ1v) is 10.0. The Kier molecular flexibility index (Phi) is 7.85. The van der Waals surface area contributed by atoms with Gasteiger partial charge in [0.15, 0.2) is 5.75 Å². The molecule has 0 saturated heterocycles. The van der Waals surface area contributed by atoms with Crippen LogP contribution in [0.3, 0.4) is 0 Å². The molecule has 0 unspecified atom stereocenters. The average molecular weight is 461 g/mol. The highest BCUT2D eigenvalue weighted by Gasteiger charge is 2.14. The minimum atomic E-state index is -0.656. The SMILES string of the molecule is C=CC(=O)Nc1cc(OC(=O)c2ccc3cc(OC(=O)CCC=O)ccc3c2)ccc1OC=O. The number of ether oxygens (including phenoxy) is 3. The molecule has 0 radical (unpaired) electrons. The normalized spacial score (nSPS) is 10.1. The fraction of sp³-hybridized carbons (Fsp3) is 0.0800. The highest BCUT2D eigenvalue weighted by Crippen LogP contribution is 2.30. The predicted molar refractivity (Wildman–Crippen MR) is 122 cm³/mol. The van der Waals surface area contributed by atoms with E-state index in [2.05, 4.69) is 11.9 Å². The molecule has 0 bridgehead atoms. The Labute approximate surface area is 193 Å². The van der Waals surface area contributed by atoms with Crippen molar-refractivity contribution >= 4 is 47.1 Å². The van der Waals surface area contributed by atoms with Crippen LogP contribution in [0.4, 0.5) is 5.69 Å². The lowest BCUT2D eigenvalue weighted by molar-refractivity contribution is -0.135. The quantitative estimate of drug-likeness (QED) is 0.210. The van der Waals surface area contributed by atoms with Gasteiger partial charge in [-0.25, -0.2) is 4.79 Å². The third-order valence-corrected chi connectivity index (χ3v) is 4.53. The molecule has 0 aliphatic rings. The first kappa shape index (κ1) is 23.9. The van der Waals surface area contributed by atoms with Crippen molar-refractivity contribution in [3.8, 4) is 17.2 Å². The van der Waals surface area contributed by atoms with Crippen LogP contribution in [0, 0.1) is 0 Å². The van der Waals surface area contributed by atoms with Crippen molar-refractivity contribution in [2.24, 2.45) is 0 Å². The van der Waals surface area contributed by atoms with Crippen molar-refractivity contribution in [3.63, 3.8) is 0 Å². The second-order valence-corrected chi connectivity index (χ2v) is 6.86. The number of amides is 1. The Morgan fingerprint density at radius 3 is 2.32 bits per heavy atom. The van der Waals surface area contributed by atoms with E-state index in [1.165, 1.54) is 18.2 Å². The van der Waals surface area contributed by atoms with Gasteiger partial charge < -0.3 is 24.3 Å². The molecule has 0 aromatic heterocycles. The fourth-order valence-corrected chi connectivity index (χ4v) is 2.95. The molecule has 0 aliphatic heterocycles. The van der Waals surface area contributed by atoms with Gasteiger partial charge in [-0.3, -0.25) is 14.4 Å². The van der Waals surface area contributed by atoms with Crippen molar-refractivity contribution < 1.29 is 38.2 Å². The summed E-state index contributed by atoms with van der Waals surface area (Å²) in [6, 6.07) is 13.9. The van der Waals surface area contributed by atoms with E-state index >= 15 is 0 Å². The van der Waals surface area contributed by atoms with E-state index in [0.29, 0.717) is 17.4 Å². The van der Waals surface area contributed by atoms with E-state index in [9.17, 15) is 24.0 Å². The number of aldehydes is 1. The van der Waals surface area contributed by atoms with Gasteiger partial charge in [0, 0.05) is 12.5 Å². The van der Waals surface area contributed by atoms with Crippen LogP contribution in [-0.2, 0) is 19.2 Å². The van der Waals surface area contributed by atoms with Gasteiger partial charge in [0.1, 0.15) is 17.8 Å². The zero-order valence-corrected chi connectivity index (χ0v) is 17.8. The Balaban J connectivity index is 1.77. The summed E-state index contributed by atoms with van der Waals surface area (Å²) < 4.78 is 15.4. The summed E-state index contributed by atoms with van der Waals surface area (Å²) in [4.78, 5) is 57.0. The first-order valence-electron chi connectivity index (χ1n) is 10.0. The molecular weight excluding hydrogens is 442 g/mol. The summed E-state index contributed by atoms with van der Waals surface area (Å²) in [5.41, 5.74) is 0.379. The summed E-state index contributed by atoms with van der Waals surface area (Å²) in [5.74, 6) is -1.21. The van der Waals surface area contributed by atoms with Gasteiger partial charge in [-0.2, -0.15) is 0 Å². The van der Waals surface area contributed by atoms with E-state index in [4.69, 9.17) is 14.2 Å². The molecule has 9 heteroatoms. The summed E-state index contributed by atoms with van der Waals surface area (Å²) >= 11 is 0. The van der Waals surface area contributed by atoms with Crippen molar-refractivity contribution in [1.82, 2.24) is 0 Å². The number of esters is 2. The molecule has 0 atom stereocenters. The van der Waals surface area contributed by atoms with Gasteiger partial charge >= 0.3 is 11.9 Å². The Morgan fingerprint density at radius 2 is 1.59 bits per heavy atom. The number of hydrogen-bond donors (Lipinski definition) is 1. The first-order chi connectivity index (χ1) is 16.4. The molecule has 3 aromatic carbocycles. The third-order valence-electron chi connectivity index (χ3n) is 4.53. The number of hydrogen-bond acceptors (Lipinski definition) is 8. The number of carbonyl (C=O) groups is 5. The van der Waals surface area contributed by atoms with Crippen LogP contribution in [0.15, 0.2) is 67.3 Å². The maximum Gasteiger partial charge on any atom is 0.343 e. The zero-order valence-electron chi connectivity index (χ0n) is 17.8. The van der Waals surface area contributed by atoms with E-state index in [0.717, 1.165) is 11.5 Å². The molecule has 3 rings (SSSR count). The number of nitrogens with one attached hydrogen (secondary N) is 1. The Morgan fingerprint density at radius 1 is 0.882 bits per heavy atom. The van der Waals surface area contributed by atoms with Gasteiger partial charge in [0.2, 0.25) is 5.91 Å². The number of benzene rings is 3. The van der Waals surface area contributed by atoms with E-state index < -0.39 is 17.8 Å². The number of fused-ring (bicyclic) bond motifs is 1. The number of anilines is 1. The van der Waals surface area contributed by atoms with Gasteiger partial charge in [-0.1, -0.05) is 18.7 Å². The van der Waals surface area contributed by atoms with Crippen molar-refractivity contribution in [2.45, 2.75) is 12.8 Å². The molecule has 9 nitrogen and oxygen atoms in total. The molecule has 0 heterocycles. The third kappa shape index (κ3) is 6.13. The highest BCUT2D eigenvalue weighted by molar-refractivity contribution is 6.00. The molecule has 0 aliphatic carbocycles. The van der Waals surface area contributed by atoms with Crippen molar-refractivity contribution in [1.29, 1.82) is 0 Å². The maximum absolute atomic E-state index is 12.7. The molecule has 0 spiro atoms. The molecule has 3 aromatic rings. The zero-order chi connectivity index (χ0) is 24.5. The Bertz CT molecular complexity index is 1280. The summed E-state index contributed by atoms with van der Waals surface area (Å²) in [5, 5.41) is 3.90. The molecular formula is C25H19NO8. The van der Waals surface area contributed by atoms with E-state index in [1.807, 2.05) is 0 Å². The smallest absolute Gasteiger partial charge is 0.343 e. The van der Waals surface area contributed by atoms with Crippen molar-refractivity contribution in [2.75, 3.05) is 5.32 Å². The van der Waals surface area contributed by atoms with Crippen LogP contribution in [0.1, 0.15) is 23.2 Å². The predicted octanol–water partition coefficient (Wildman–Crippen LogP) is 3.60. The van der Waals surface area contributed by atoms with Crippen LogP contribution >= 0.6 is 0 Å². The van der Waals surface area contributed by atoms with Crippen LogP contribution in [0.25, 0.3) is 10.8 Å². The van der Waals surface area contributed by atoms with Crippen LogP contribution in [0.2, 0.25) is 0 Å². The van der Waals surface area contributed by atoms with Crippen LogP contribution in [-0.4, -0.2) is 30.6 Å². The molecule has 0 saturated carbocycles. The molecule has 34 heavy (non-hydrogen) atoms. The fourth-order valence-electron chi connectivity index (χ4n) is 2.95. The van der Waals surface area contributed by atoms with Crippen molar-refractivity contribution in [3.05, 3.63) is 72.8 Å². The molecule has 1 amide bonds.